The van der Waals surface area contributed by atoms with Gasteiger partial charge in [0.1, 0.15) is 0 Å². The van der Waals surface area contributed by atoms with Crippen molar-refractivity contribution in [3.05, 3.63) is 35.1 Å². The summed E-state index contributed by atoms with van der Waals surface area (Å²) in [6.45, 7) is 2.03. The molecule has 0 aliphatic carbocycles. The lowest BCUT2D eigenvalue weighted by Gasteiger charge is -2.08. The van der Waals surface area contributed by atoms with Gasteiger partial charge in [-0.1, -0.05) is 18.5 Å². The predicted molar refractivity (Wildman–Crippen MR) is 70.7 cm³/mol. The summed E-state index contributed by atoms with van der Waals surface area (Å²) in [6.07, 6.45) is 2.56. The highest BCUT2D eigenvalue weighted by Crippen LogP contribution is 2.30. The number of halogens is 1. The molecule has 4 nitrogen and oxygen atoms in total. The second-order valence-electron chi connectivity index (χ2n) is 3.69. The van der Waals surface area contributed by atoms with Gasteiger partial charge in [0.2, 0.25) is 0 Å². The summed E-state index contributed by atoms with van der Waals surface area (Å²) >= 11 is 5.97. The van der Waals surface area contributed by atoms with Crippen LogP contribution in [0, 0.1) is 0 Å². The van der Waals surface area contributed by atoms with E-state index in [4.69, 9.17) is 23.1 Å². The molecule has 0 saturated carbocycles. The summed E-state index contributed by atoms with van der Waals surface area (Å²) in [5, 5.41) is 0.458. The van der Waals surface area contributed by atoms with Gasteiger partial charge in [0.25, 0.3) is 0 Å². The van der Waals surface area contributed by atoms with E-state index in [1.54, 1.807) is 18.3 Å². The van der Waals surface area contributed by atoms with Crippen molar-refractivity contribution in [1.29, 1.82) is 0 Å². The molecule has 0 radical (unpaired) electrons. The van der Waals surface area contributed by atoms with Gasteiger partial charge in [-0.25, -0.2) is 9.97 Å². The fraction of sp³-hybridized carbons (Fsp3) is 0.167. The molecule has 0 aliphatic rings. The monoisotopic (exact) mass is 248 g/mol. The van der Waals surface area contributed by atoms with E-state index in [0.29, 0.717) is 27.8 Å². The molecule has 1 aromatic heterocycles. The second kappa shape index (κ2) is 4.59. The molecule has 0 atom stereocenters. The fourth-order valence-electron chi connectivity index (χ4n) is 1.52. The molecule has 0 saturated heterocycles. The first-order valence-corrected chi connectivity index (χ1v) is 5.66. The van der Waals surface area contributed by atoms with Crippen LogP contribution in [0.1, 0.15) is 12.6 Å². The number of benzene rings is 1. The van der Waals surface area contributed by atoms with E-state index in [9.17, 15) is 0 Å². The average Bonchev–Trinajstić information content (AvgIpc) is 2.34. The zero-order chi connectivity index (χ0) is 12.4. The van der Waals surface area contributed by atoms with Gasteiger partial charge in [-0.15, -0.1) is 0 Å². The zero-order valence-electron chi connectivity index (χ0n) is 9.44. The van der Waals surface area contributed by atoms with Crippen LogP contribution in [0.2, 0.25) is 5.02 Å². The van der Waals surface area contributed by atoms with Crippen LogP contribution in [0.25, 0.3) is 11.4 Å². The molecule has 0 amide bonds. The van der Waals surface area contributed by atoms with Gasteiger partial charge in [0.05, 0.1) is 10.7 Å². The Balaban J connectivity index is 2.56. The van der Waals surface area contributed by atoms with Crippen molar-refractivity contribution in [1.82, 2.24) is 9.97 Å². The van der Waals surface area contributed by atoms with Crippen LogP contribution in [0.3, 0.4) is 0 Å². The maximum Gasteiger partial charge on any atom is 0.161 e. The molecule has 2 rings (SSSR count). The number of aryl methyl sites for hydroxylation is 1. The third kappa shape index (κ3) is 2.31. The Morgan fingerprint density at radius 3 is 2.71 bits per heavy atom. The molecule has 0 bridgehead atoms. The minimum atomic E-state index is 0.458. The molecule has 88 valence electrons. The number of anilines is 2. The van der Waals surface area contributed by atoms with E-state index in [1.807, 2.05) is 13.0 Å². The van der Waals surface area contributed by atoms with Crippen molar-refractivity contribution in [3.63, 3.8) is 0 Å². The summed E-state index contributed by atoms with van der Waals surface area (Å²) in [5.41, 5.74) is 14.2. The van der Waals surface area contributed by atoms with Crippen LogP contribution in [0.15, 0.2) is 24.4 Å². The lowest BCUT2D eigenvalue weighted by molar-refractivity contribution is 1.01. The highest BCUT2D eigenvalue weighted by Gasteiger charge is 2.09. The van der Waals surface area contributed by atoms with Crippen LogP contribution in [0.5, 0.6) is 0 Å². The lowest BCUT2D eigenvalue weighted by Crippen LogP contribution is -1.99. The van der Waals surface area contributed by atoms with Crippen molar-refractivity contribution in [2.45, 2.75) is 13.3 Å². The molecule has 0 fully saturated rings. The predicted octanol–water partition coefficient (Wildman–Crippen LogP) is 2.52. The van der Waals surface area contributed by atoms with E-state index < -0.39 is 0 Å². The van der Waals surface area contributed by atoms with Gasteiger partial charge >= 0.3 is 0 Å². The first kappa shape index (κ1) is 11.7. The van der Waals surface area contributed by atoms with Crippen LogP contribution in [-0.2, 0) is 6.42 Å². The Morgan fingerprint density at radius 1 is 1.24 bits per heavy atom. The molecular weight excluding hydrogens is 236 g/mol. The van der Waals surface area contributed by atoms with Crippen LogP contribution in [-0.4, -0.2) is 9.97 Å². The third-order valence-electron chi connectivity index (χ3n) is 2.49. The first-order valence-electron chi connectivity index (χ1n) is 5.28. The maximum absolute atomic E-state index is 5.97. The number of rotatable bonds is 2. The van der Waals surface area contributed by atoms with Crippen molar-refractivity contribution in [2.24, 2.45) is 0 Å². The summed E-state index contributed by atoms with van der Waals surface area (Å²) in [6, 6.07) is 5.19. The van der Waals surface area contributed by atoms with Crippen LogP contribution >= 0.6 is 11.6 Å². The molecule has 5 heteroatoms. The van der Waals surface area contributed by atoms with Crippen LogP contribution in [0.4, 0.5) is 11.4 Å². The fourth-order valence-corrected chi connectivity index (χ4v) is 1.69. The number of hydrogen-bond acceptors (Lipinski definition) is 4. The van der Waals surface area contributed by atoms with E-state index in [-0.39, 0.29) is 0 Å². The Hall–Kier alpha value is -1.81. The molecule has 1 heterocycles. The SMILES string of the molecule is CCc1ccnc(-c2cc(Cl)c(N)cc2N)n1. The van der Waals surface area contributed by atoms with Gasteiger partial charge < -0.3 is 11.5 Å². The van der Waals surface area contributed by atoms with E-state index in [2.05, 4.69) is 9.97 Å². The number of nitrogens with zero attached hydrogens (tertiary/aromatic N) is 2. The highest BCUT2D eigenvalue weighted by atomic mass is 35.5. The van der Waals surface area contributed by atoms with Gasteiger partial charge in [-0.2, -0.15) is 0 Å². The smallest absolute Gasteiger partial charge is 0.161 e. The number of hydrogen-bond donors (Lipinski definition) is 2. The minimum Gasteiger partial charge on any atom is -0.398 e. The third-order valence-corrected chi connectivity index (χ3v) is 2.81. The van der Waals surface area contributed by atoms with Crippen molar-refractivity contribution in [3.8, 4) is 11.4 Å². The largest absolute Gasteiger partial charge is 0.398 e. The molecular formula is C12H13ClN4. The van der Waals surface area contributed by atoms with Gasteiger partial charge in [0.15, 0.2) is 5.82 Å². The Labute approximate surface area is 105 Å². The van der Waals surface area contributed by atoms with Gasteiger partial charge in [-0.05, 0) is 24.6 Å². The zero-order valence-corrected chi connectivity index (χ0v) is 10.2. The Bertz CT molecular complexity index is 554. The van der Waals surface area contributed by atoms with Crippen molar-refractivity contribution >= 4 is 23.0 Å². The summed E-state index contributed by atoms with van der Waals surface area (Å²) in [7, 11) is 0. The number of aromatic nitrogens is 2. The summed E-state index contributed by atoms with van der Waals surface area (Å²) < 4.78 is 0. The normalized spacial score (nSPS) is 10.5. The summed E-state index contributed by atoms with van der Waals surface area (Å²) in [4.78, 5) is 8.60. The Kier molecular flexibility index (Phi) is 3.15. The highest BCUT2D eigenvalue weighted by molar-refractivity contribution is 6.33. The average molecular weight is 249 g/mol. The second-order valence-corrected chi connectivity index (χ2v) is 4.09. The quantitative estimate of drug-likeness (QED) is 0.801. The number of nitrogen functional groups attached to an aromatic ring is 2. The van der Waals surface area contributed by atoms with Gasteiger partial charge in [-0.3, -0.25) is 0 Å². The standard InChI is InChI=1S/C12H13ClN4/c1-2-7-3-4-16-12(17-7)8-5-9(13)11(15)6-10(8)14/h3-6H,2,14-15H2,1H3. The molecule has 0 unspecified atom stereocenters. The van der Waals surface area contributed by atoms with E-state index in [0.717, 1.165) is 12.1 Å². The van der Waals surface area contributed by atoms with Gasteiger partial charge in [0, 0.05) is 23.1 Å². The molecule has 17 heavy (non-hydrogen) atoms. The van der Waals surface area contributed by atoms with E-state index >= 15 is 0 Å². The minimum absolute atomic E-state index is 0.458. The van der Waals surface area contributed by atoms with Crippen molar-refractivity contribution in [2.75, 3.05) is 11.5 Å². The summed E-state index contributed by atoms with van der Waals surface area (Å²) in [5.74, 6) is 0.573. The molecule has 4 N–H and O–H groups in total. The lowest BCUT2D eigenvalue weighted by atomic mass is 10.1. The molecule has 0 spiro atoms. The van der Waals surface area contributed by atoms with Crippen LogP contribution < -0.4 is 11.5 Å². The van der Waals surface area contributed by atoms with Crippen molar-refractivity contribution < 1.29 is 0 Å². The topological polar surface area (TPSA) is 77.8 Å². The molecule has 1 aromatic carbocycles. The Morgan fingerprint density at radius 2 is 2.00 bits per heavy atom. The maximum atomic E-state index is 5.97. The van der Waals surface area contributed by atoms with E-state index in [1.165, 1.54) is 0 Å². The molecule has 2 aromatic rings. The molecule has 0 aliphatic heterocycles. The number of nitrogens with two attached hydrogens (primary N) is 2. The first-order chi connectivity index (χ1) is 8.11.